The Morgan fingerprint density at radius 3 is 2.77 bits per heavy atom. The molecule has 0 spiro atoms. The van der Waals surface area contributed by atoms with Gasteiger partial charge in [-0.3, -0.25) is 4.79 Å². The van der Waals surface area contributed by atoms with Gasteiger partial charge in [0.25, 0.3) is 0 Å². The second kappa shape index (κ2) is 3.79. The molecule has 6 nitrogen and oxygen atoms in total. The summed E-state index contributed by atoms with van der Waals surface area (Å²) in [6.07, 6.45) is 3.14. The van der Waals surface area contributed by atoms with E-state index in [1.807, 2.05) is 0 Å². The Morgan fingerprint density at radius 2 is 2.23 bits per heavy atom. The van der Waals surface area contributed by atoms with E-state index in [-0.39, 0.29) is 12.3 Å². The molecule has 13 heavy (non-hydrogen) atoms. The van der Waals surface area contributed by atoms with Gasteiger partial charge in [0.1, 0.15) is 6.54 Å². The highest BCUT2D eigenvalue weighted by atomic mass is 16.2. The lowest BCUT2D eigenvalue weighted by Crippen LogP contribution is -2.25. The van der Waals surface area contributed by atoms with E-state index in [1.54, 1.807) is 13.0 Å². The van der Waals surface area contributed by atoms with Crippen LogP contribution < -0.4 is 5.69 Å². The fourth-order valence-electron chi connectivity index (χ4n) is 0.831. The van der Waals surface area contributed by atoms with Gasteiger partial charge in [0.15, 0.2) is 5.78 Å². The zero-order valence-electron chi connectivity index (χ0n) is 7.47. The van der Waals surface area contributed by atoms with Crippen molar-refractivity contribution in [2.24, 2.45) is 0 Å². The van der Waals surface area contributed by atoms with Gasteiger partial charge in [-0.05, 0) is 24.3 Å². The maximum Gasteiger partial charge on any atom is 0.368 e. The summed E-state index contributed by atoms with van der Waals surface area (Å²) in [5, 5.41) is 7.06. The summed E-state index contributed by atoms with van der Waals surface area (Å²) in [6.45, 7) is 3.12. The Kier molecular flexibility index (Phi) is 2.73. The van der Waals surface area contributed by atoms with Crippen molar-refractivity contribution < 1.29 is 4.79 Å². The molecule has 1 aromatic heterocycles. The number of allylic oxidation sites excluding steroid dienone is 1. The lowest BCUT2D eigenvalue weighted by atomic mass is 10.5. The summed E-state index contributed by atoms with van der Waals surface area (Å²) in [5.41, 5.74) is -0.409. The van der Waals surface area contributed by atoms with Crippen LogP contribution >= 0.6 is 0 Å². The Morgan fingerprint density at radius 1 is 1.54 bits per heavy atom. The molecule has 6 heteroatoms. The van der Waals surface area contributed by atoms with Crippen LogP contribution in [0, 0.1) is 0 Å². The van der Waals surface area contributed by atoms with Gasteiger partial charge >= 0.3 is 5.69 Å². The number of hydrogen-bond acceptors (Lipinski definition) is 4. The highest BCUT2D eigenvalue weighted by Crippen LogP contribution is 1.79. The van der Waals surface area contributed by atoms with E-state index in [1.165, 1.54) is 13.1 Å². The van der Waals surface area contributed by atoms with Gasteiger partial charge in [0, 0.05) is 6.20 Å². The minimum atomic E-state index is -0.409. The number of ketones is 1. The Bertz CT molecular complexity index is 387. The standard InChI is InChI=1S/C7H10N4O2/c1-3-4-10-7(13)11(9-8-10)5-6(2)12/h3-4H,5H2,1-2H3/b4-3-. The maximum atomic E-state index is 11.3. The lowest BCUT2D eigenvalue weighted by Gasteiger charge is -1.89. The molecule has 0 bridgehead atoms. The number of carbonyl (C=O) groups is 1. The molecule has 0 N–H and O–H groups in total. The van der Waals surface area contributed by atoms with Crippen LogP contribution in [0.5, 0.6) is 0 Å². The van der Waals surface area contributed by atoms with Crippen LogP contribution in [0.4, 0.5) is 0 Å². The van der Waals surface area contributed by atoms with Gasteiger partial charge in [-0.25, -0.2) is 4.79 Å². The summed E-state index contributed by atoms with van der Waals surface area (Å²) >= 11 is 0. The van der Waals surface area contributed by atoms with E-state index in [2.05, 4.69) is 10.4 Å². The van der Waals surface area contributed by atoms with E-state index < -0.39 is 5.69 Å². The molecular formula is C7H10N4O2. The molecule has 1 aromatic rings. The van der Waals surface area contributed by atoms with Gasteiger partial charge in [-0.2, -0.15) is 9.36 Å². The van der Waals surface area contributed by atoms with E-state index in [0.717, 1.165) is 9.36 Å². The van der Waals surface area contributed by atoms with Crippen LogP contribution in [0.1, 0.15) is 13.8 Å². The van der Waals surface area contributed by atoms with Crippen molar-refractivity contribution in [1.82, 2.24) is 19.8 Å². The second-order valence-electron chi connectivity index (χ2n) is 2.55. The quantitative estimate of drug-likeness (QED) is 0.633. The molecule has 0 aliphatic carbocycles. The molecule has 0 amide bonds. The largest absolute Gasteiger partial charge is 0.368 e. The van der Waals surface area contributed by atoms with Gasteiger partial charge < -0.3 is 0 Å². The van der Waals surface area contributed by atoms with Crippen molar-refractivity contribution in [3.63, 3.8) is 0 Å². The van der Waals surface area contributed by atoms with Gasteiger partial charge in [-0.15, -0.1) is 0 Å². The van der Waals surface area contributed by atoms with Crippen LogP contribution in [-0.4, -0.2) is 25.6 Å². The molecule has 70 valence electrons. The minimum Gasteiger partial charge on any atom is -0.298 e. The molecule has 0 unspecified atom stereocenters. The van der Waals surface area contributed by atoms with E-state index in [9.17, 15) is 9.59 Å². The van der Waals surface area contributed by atoms with E-state index in [4.69, 9.17) is 0 Å². The third-order valence-corrected chi connectivity index (χ3v) is 1.32. The average molecular weight is 182 g/mol. The first-order valence-corrected chi connectivity index (χ1v) is 3.79. The summed E-state index contributed by atoms with van der Waals surface area (Å²) in [6, 6.07) is 0. The zero-order chi connectivity index (χ0) is 9.84. The van der Waals surface area contributed by atoms with Gasteiger partial charge in [-0.1, -0.05) is 6.08 Å². The Labute approximate surface area is 74.4 Å². The fourth-order valence-corrected chi connectivity index (χ4v) is 0.831. The van der Waals surface area contributed by atoms with E-state index >= 15 is 0 Å². The molecule has 0 saturated heterocycles. The number of aromatic nitrogens is 4. The smallest absolute Gasteiger partial charge is 0.298 e. The number of carbonyl (C=O) groups excluding carboxylic acids is 1. The first-order valence-electron chi connectivity index (χ1n) is 3.79. The molecule has 1 rings (SSSR count). The first-order chi connectivity index (χ1) is 6.15. The highest BCUT2D eigenvalue weighted by Gasteiger charge is 2.05. The molecule has 0 aliphatic rings. The van der Waals surface area contributed by atoms with Crippen LogP contribution in [0.2, 0.25) is 0 Å². The summed E-state index contributed by atoms with van der Waals surface area (Å²) in [4.78, 5) is 22.0. The topological polar surface area (TPSA) is 69.8 Å². The molecule has 0 atom stereocenters. The highest BCUT2D eigenvalue weighted by molar-refractivity contribution is 5.75. The molecule has 0 radical (unpaired) electrons. The SMILES string of the molecule is C/C=C\n1nnn(CC(C)=O)c1=O. The predicted molar refractivity (Wildman–Crippen MR) is 46.0 cm³/mol. The lowest BCUT2D eigenvalue weighted by molar-refractivity contribution is -0.117. The third kappa shape index (κ3) is 2.11. The van der Waals surface area contributed by atoms with Crippen molar-refractivity contribution in [3.05, 3.63) is 16.6 Å². The van der Waals surface area contributed by atoms with Gasteiger partial charge in [0.05, 0.1) is 0 Å². The molecular weight excluding hydrogens is 172 g/mol. The monoisotopic (exact) mass is 182 g/mol. The maximum absolute atomic E-state index is 11.3. The predicted octanol–water partition coefficient (Wildman–Crippen LogP) is -0.481. The Hall–Kier alpha value is -1.72. The van der Waals surface area contributed by atoms with Crippen molar-refractivity contribution in [1.29, 1.82) is 0 Å². The number of nitrogens with zero attached hydrogens (tertiary/aromatic N) is 4. The van der Waals surface area contributed by atoms with Crippen molar-refractivity contribution in [3.8, 4) is 0 Å². The number of tetrazole rings is 1. The molecule has 0 aliphatic heterocycles. The Balaban J connectivity index is 3.00. The summed E-state index contributed by atoms with van der Waals surface area (Å²) < 4.78 is 2.09. The molecule has 0 aromatic carbocycles. The van der Waals surface area contributed by atoms with Crippen LogP contribution in [0.15, 0.2) is 10.9 Å². The van der Waals surface area contributed by atoms with Crippen LogP contribution in [0.25, 0.3) is 6.20 Å². The van der Waals surface area contributed by atoms with E-state index in [0.29, 0.717) is 0 Å². The normalized spacial score (nSPS) is 10.9. The third-order valence-electron chi connectivity index (χ3n) is 1.32. The minimum absolute atomic E-state index is 0.0314. The molecule has 0 saturated carbocycles. The summed E-state index contributed by atoms with van der Waals surface area (Å²) in [5.74, 6) is -0.130. The van der Waals surface area contributed by atoms with Crippen LogP contribution in [0.3, 0.4) is 0 Å². The average Bonchev–Trinajstić information content (AvgIpc) is 2.36. The number of Topliss-reactive ketones (excluding diaryl/α,β-unsaturated/α-hetero) is 1. The van der Waals surface area contributed by atoms with Crippen molar-refractivity contribution >= 4 is 12.0 Å². The summed E-state index contributed by atoms with van der Waals surface area (Å²) in [7, 11) is 0. The van der Waals surface area contributed by atoms with Gasteiger partial charge in [0.2, 0.25) is 0 Å². The first kappa shape index (κ1) is 9.37. The zero-order valence-corrected chi connectivity index (χ0v) is 7.47. The number of hydrogen-bond donors (Lipinski definition) is 0. The second-order valence-corrected chi connectivity index (χ2v) is 2.55. The molecule has 1 heterocycles. The van der Waals surface area contributed by atoms with Crippen molar-refractivity contribution in [2.75, 3.05) is 0 Å². The van der Waals surface area contributed by atoms with Crippen molar-refractivity contribution in [2.45, 2.75) is 20.4 Å². The number of rotatable bonds is 3. The molecule has 0 fully saturated rings. The fraction of sp³-hybridized carbons (Fsp3) is 0.429. The van der Waals surface area contributed by atoms with Crippen LogP contribution in [-0.2, 0) is 11.3 Å².